The molecule has 3 unspecified atom stereocenters. The van der Waals surface area contributed by atoms with Gasteiger partial charge in [0, 0.05) is 10.0 Å². The highest BCUT2D eigenvalue weighted by Crippen LogP contribution is 2.33. The molecule has 1 heterocycles. The van der Waals surface area contributed by atoms with Crippen LogP contribution in [-0.2, 0) is 4.74 Å². The second kappa shape index (κ2) is 5.02. The maximum atomic E-state index is 5.98. The van der Waals surface area contributed by atoms with Gasteiger partial charge in [-0.05, 0) is 56.0 Å². The SMILES string of the molecule is NCC1CCC2OC(c3ccc(Br)cc3)=NC2C1. The Morgan fingerprint density at radius 1 is 1.28 bits per heavy atom. The zero-order chi connectivity index (χ0) is 12.5. The normalized spacial score (nSPS) is 30.6. The lowest BCUT2D eigenvalue weighted by atomic mass is 9.84. The van der Waals surface area contributed by atoms with E-state index in [0.29, 0.717) is 12.0 Å². The maximum Gasteiger partial charge on any atom is 0.216 e. The Morgan fingerprint density at radius 3 is 2.78 bits per heavy atom. The van der Waals surface area contributed by atoms with Crippen LogP contribution in [-0.4, -0.2) is 24.6 Å². The first kappa shape index (κ1) is 12.2. The molecule has 1 aromatic rings. The molecular formula is C14H17BrN2O. The van der Waals surface area contributed by atoms with E-state index in [4.69, 9.17) is 15.5 Å². The predicted octanol–water partition coefficient (Wildman–Crippen LogP) is 2.72. The van der Waals surface area contributed by atoms with Crippen molar-refractivity contribution in [3.63, 3.8) is 0 Å². The average molecular weight is 309 g/mol. The lowest BCUT2D eigenvalue weighted by Crippen LogP contribution is -2.33. The topological polar surface area (TPSA) is 47.6 Å². The Kier molecular flexibility index (Phi) is 3.39. The van der Waals surface area contributed by atoms with E-state index in [0.717, 1.165) is 35.3 Å². The van der Waals surface area contributed by atoms with E-state index in [-0.39, 0.29) is 6.10 Å². The Labute approximate surface area is 116 Å². The predicted molar refractivity (Wildman–Crippen MR) is 75.7 cm³/mol. The zero-order valence-electron chi connectivity index (χ0n) is 10.2. The summed E-state index contributed by atoms with van der Waals surface area (Å²) in [5, 5.41) is 0. The van der Waals surface area contributed by atoms with Crippen molar-refractivity contribution < 1.29 is 4.74 Å². The summed E-state index contributed by atoms with van der Waals surface area (Å²) in [5.41, 5.74) is 6.82. The lowest BCUT2D eigenvalue weighted by molar-refractivity contribution is 0.130. The molecular weight excluding hydrogens is 292 g/mol. The van der Waals surface area contributed by atoms with Gasteiger partial charge in [-0.3, -0.25) is 0 Å². The average Bonchev–Trinajstić information content (AvgIpc) is 2.82. The standard InChI is InChI=1S/C14H17BrN2O/c15-11-4-2-10(3-5-11)14-17-12-7-9(8-16)1-6-13(12)18-14/h2-5,9,12-13H,1,6-8,16H2. The van der Waals surface area contributed by atoms with E-state index in [1.807, 2.05) is 24.3 Å². The van der Waals surface area contributed by atoms with Gasteiger partial charge >= 0.3 is 0 Å². The van der Waals surface area contributed by atoms with Crippen molar-refractivity contribution in [3.8, 4) is 0 Å². The molecule has 96 valence electrons. The summed E-state index contributed by atoms with van der Waals surface area (Å²) in [7, 11) is 0. The molecule has 0 aromatic heterocycles. The fourth-order valence-electron chi connectivity index (χ4n) is 2.75. The molecule has 4 heteroatoms. The number of rotatable bonds is 2. The molecule has 18 heavy (non-hydrogen) atoms. The Morgan fingerprint density at radius 2 is 2.06 bits per heavy atom. The van der Waals surface area contributed by atoms with Crippen molar-refractivity contribution in [2.75, 3.05) is 6.54 Å². The van der Waals surface area contributed by atoms with Crippen molar-refractivity contribution in [3.05, 3.63) is 34.3 Å². The second-order valence-corrected chi connectivity index (χ2v) is 6.00. The van der Waals surface area contributed by atoms with Gasteiger partial charge in [-0.25, -0.2) is 4.99 Å². The first-order chi connectivity index (χ1) is 8.76. The second-order valence-electron chi connectivity index (χ2n) is 5.08. The van der Waals surface area contributed by atoms with E-state index in [1.54, 1.807) is 0 Å². The number of nitrogens with two attached hydrogens (primary N) is 1. The third-order valence-electron chi connectivity index (χ3n) is 3.83. The number of hydrogen-bond acceptors (Lipinski definition) is 3. The molecule has 3 nitrogen and oxygen atoms in total. The van der Waals surface area contributed by atoms with Gasteiger partial charge in [0.1, 0.15) is 6.10 Å². The minimum absolute atomic E-state index is 0.270. The third-order valence-corrected chi connectivity index (χ3v) is 4.36. The molecule has 3 rings (SSSR count). The number of hydrogen-bond donors (Lipinski definition) is 1. The number of aliphatic imine (C=N–C) groups is 1. The van der Waals surface area contributed by atoms with Crippen LogP contribution in [0.3, 0.4) is 0 Å². The van der Waals surface area contributed by atoms with E-state index >= 15 is 0 Å². The van der Waals surface area contributed by atoms with Crippen LogP contribution in [0.15, 0.2) is 33.7 Å². The number of fused-ring (bicyclic) bond motifs is 1. The highest BCUT2D eigenvalue weighted by atomic mass is 79.9. The van der Waals surface area contributed by atoms with Crippen molar-refractivity contribution in [1.82, 2.24) is 0 Å². The van der Waals surface area contributed by atoms with Gasteiger partial charge in [0.2, 0.25) is 5.90 Å². The minimum Gasteiger partial charge on any atom is -0.472 e. The summed E-state index contributed by atoms with van der Waals surface area (Å²) < 4.78 is 7.05. The fourth-order valence-corrected chi connectivity index (χ4v) is 3.01. The molecule has 1 aliphatic heterocycles. The largest absolute Gasteiger partial charge is 0.472 e. The monoisotopic (exact) mass is 308 g/mol. The molecule has 0 spiro atoms. The summed E-state index contributed by atoms with van der Waals surface area (Å²) in [6.45, 7) is 0.770. The van der Waals surface area contributed by atoms with Gasteiger partial charge in [0.05, 0.1) is 6.04 Å². The quantitative estimate of drug-likeness (QED) is 0.913. The van der Waals surface area contributed by atoms with Crippen LogP contribution in [0.2, 0.25) is 0 Å². The molecule has 0 bridgehead atoms. The van der Waals surface area contributed by atoms with Crippen LogP contribution in [0.4, 0.5) is 0 Å². The first-order valence-electron chi connectivity index (χ1n) is 6.46. The maximum absolute atomic E-state index is 5.98. The third kappa shape index (κ3) is 2.31. The Balaban J connectivity index is 1.77. The number of benzene rings is 1. The summed E-state index contributed by atoms with van der Waals surface area (Å²) in [4.78, 5) is 4.73. The summed E-state index contributed by atoms with van der Waals surface area (Å²) >= 11 is 3.44. The van der Waals surface area contributed by atoms with Crippen molar-refractivity contribution in [2.45, 2.75) is 31.4 Å². The molecule has 2 aliphatic rings. The van der Waals surface area contributed by atoms with Crippen LogP contribution >= 0.6 is 15.9 Å². The van der Waals surface area contributed by atoms with Crippen LogP contribution in [0.25, 0.3) is 0 Å². The Bertz CT molecular complexity index is 457. The van der Waals surface area contributed by atoms with Crippen LogP contribution in [0.5, 0.6) is 0 Å². The van der Waals surface area contributed by atoms with E-state index in [1.165, 1.54) is 6.42 Å². The number of halogens is 1. The van der Waals surface area contributed by atoms with Gasteiger partial charge in [-0.1, -0.05) is 15.9 Å². The van der Waals surface area contributed by atoms with Crippen molar-refractivity contribution in [1.29, 1.82) is 0 Å². The van der Waals surface area contributed by atoms with Gasteiger partial charge in [-0.15, -0.1) is 0 Å². The van der Waals surface area contributed by atoms with E-state index in [2.05, 4.69) is 15.9 Å². The molecule has 0 saturated heterocycles. The van der Waals surface area contributed by atoms with E-state index < -0.39 is 0 Å². The highest BCUT2D eigenvalue weighted by Gasteiger charge is 2.36. The molecule has 2 N–H and O–H groups in total. The molecule has 1 saturated carbocycles. The number of ether oxygens (including phenoxy) is 1. The molecule has 3 atom stereocenters. The van der Waals surface area contributed by atoms with Crippen molar-refractivity contribution in [2.24, 2.45) is 16.6 Å². The summed E-state index contributed by atoms with van der Waals surface area (Å²) in [6.07, 6.45) is 3.59. The van der Waals surface area contributed by atoms with Gasteiger partial charge < -0.3 is 10.5 Å². The lowest BCUT2D eigenvalue weighted by Gasteiger charge is -2.28. The smallest absolute Gasteiger partial charge is 0.216 e. The molecule has 1 aliphatic carbocycles. The molecule has 1 fully saturated rings. The Hall–Kier alpha value is -0.870. The van der Waals surface area contributed by atoms with Gasteiger partial charge in [-0.2, -0.15) is 0 Å². The summed E-state index contributed by atoms with van der Waals surface area (Å²) in [5.74, 6) is 1.41. The zero-order valence-corrected chi connectivity index (χ0v) is 11.8. The number of nitrogens with zero attached hydrogens (tertiary/aromatic N) is 1. The van der Waals surface area contributed by atoms with Gasteiger partial charge in [0.15, 0.2) is 0 Å². The highest BCUT2D eigenvalue weighted by molar-refractivity contribution is 9.10. The van der Waals surface area contributed by atoms with Crippen LogP contribution in [0.1, 0.15) is 24.8 Å². The molecule has 0 amide bonds. The van der Waals surface area contributed by atoms with Crippen molar-refractivity contribution >= 4 is 21.8 Å². The molecule has 1 aromatic carbocycles. The molecule has 0 radical (unpaired) electrons. The first-order valence-corrected chi connectivity index (χ1v) is 7.26. The summed E-state index contributed by atoms with van der Waals surface area (Å²) in [6, 6.07) is 8.44. The minimum atomic E-state index is 0.270. The van der Waals surface area contributed by atoms with Gasteiger partial charge in [0.25, 0.3) is 0 Å². The van der Waals surface area contributed by atoms with Crippen LogP contribution in [0, 0.1) is 5.92 Å². The van der Waals surface area contributed by atoms with Crippen LogP contribution < -0.4 is 5.73 Å². The fraction of sp³-hybridized carbons (Fsp3) is 0.500. The van der Waals surface area contributed by atoms with E-state index in [9.17, 15) is 0 Å².